The van der Waals surface area contributed by atoms with Crippen molar-refractivity contribution in [1.29, 1.82) is 0 Å². The van der Waals surface area contributed by atoms with Crippen molar-refractivity contribution in [3.63, 3.8) is 0 Å². The molecule has 1 heterocycles. The maximum absolute atomic E-state index is 13.1. The third kappa shape index (κ3) is 3.23. The Morgan fingerprint density at radius 3 is 2.71 bits per heavy atom. The third-order valence-corrected chi connectivity index (χ3v) is 6.08. The number of nitrogens with one attached hydrogen (secondary N) is 1. The highest BCUT2D eigenvalue weighted by Gasteiger charge is 2.43. The van der Waals surface area contributed by atoms with Crippen LogP contribution in [-0.2, 0) is 0 Å². The Hall–Kier alpha value is -1.35. The zero-order valence-electron chi connectivity index (χ0n) is 15.6. The summed E-state index contributed by atoms with van der Waals surface area (Å²) in [6.45, 7) is 10.1. The molecule has 1 aromatic rings. The Balaban J connectivity index is 1.86. The predicted octanol–water partition coefficient (Wildman–Crippen LogP) is 4.60. The van der Waals surface area contributed by atoms with E-state index in [4.69, 9.17) is 0 Å². The van der Waals surface area contributed by atoms with Gasteiger partial charge >= 0.3 is 0 Å². The number of amides is 1. The van der Waals surface area contributed by atoms with Gasteiger partial charge in [-0.3, -0.25) is 10.1 Å². The smallest absolute Gasteiger partial charge is 0.256 e. The molecule has 1 aliphatic carbocycles. The first-order valence-electron chi connectivity index (χ1n) is 9.65. The molecule has 0 unspecified atom stereocenters. The van der Waals surface area contributed by atoms with E-state index in [0.717, 1.165) is 30.5 Å². The predicted molar refractivity (Wildman–Crippen MR) is 98.8 cm³/mol. The van der Waals surface area contributed by atoms with Crippen molar-refractivity contribution in [1.82, 2.24) is 10.2 Å². The summed E-state index contributed by atoms with van der Waals surface area (Å²) in [5, 5.41) is 3.69. The maximum Gasteiger partial charge on any atom is 0.256 e. The molecule has 24 heavy (non-hydrogen) atoms. The molecule has 1 aliphatic heterocycles. The van der Waals surface area contributed by atoms with Crippen molar-refractivity contribution < 1.29 is 4.79 Å². The highest BCUT2D eigenvalue weighted by Crippen LogP contribution is 2.41. The van der Waals surface area contributed by atoms with Crippen molar-refractivity contribution in [2.45, 2.75) is 65.6 Å². The number of rotatable bonds is 5. The average molecular weight is 329 g/mol. The monoisotopic (exact) mass is 328 g/mol. The lowest BCUT2D eigenvalue weighted by Gasteiger charge is -2.42. The minimum atomic E-state index is 0.0465. The van der Waals surface area contributed by atoms with Crippen molar-refractivity contribution in [2.24, 2.45) is 17.8 Å². The largest absolute Gasteiger partial charge is 0.316 e. The maximum atomic E-state index is 13.1. The van der Waals surface area contributed by atoms with Crippen LogP contribution in [0.15, 0.2) is 24.3 Å². The van der Waals surface area contributed by atoms with Gasteiger partial charge in [-0.05, 0) is 43.2 Å². The van der Waals surface area contributed by atoms with E-state index in [1.165, 1.54) is 12.8 Å². The second-order valence-electron chi connectivity index (χ2n) is 8.17. The Labute approximate surface area is 146 Å². The first-order valence-corrected chi connectivity index (χ1v) is 9.65. The molecule has 3 nitrogen and oxygen atoms in total. The zero-order chi connectivity index (χ0) is 17.3. The van der Waals surface area contributed by atoms with Crippen LogP contribution in [0.4, 0.5) is 0 Å². The minimum Gasteiger partial charge on any atom is -0.316 e. The molecule has 3 heteroatoms. The molecular weight excluding hydrogens is 296 g/mol. The zero-order valence-corrected chi connectivity index (χ0v) is 15.6. The molecule has 0 bridgehead atoms. The van der Waals surface area contributed by atoms with E-state index in [9.17, 15) is 4.79 Å². The molecule has 132 valence electrons. The minimum absolute atomic E-state index is 0.0465. The lowest BCUT2D eigenvalue weighted by atomic mass is 9.77. The summed E-state index contributed by atoms with van der Waals surface area (Å²) in [5.74, 6) is 2.15. The van der Waals surface area contributed by atoms with Crippen LogP contribution >= 0.6 is 0 Å². The van der Waals surface area contributed by atoms with Crippen molar-refractivity contribution in [2.75, 3.05) is 6.54 Å². The van der Waals surface area contributed by atoms with Crippen molar-refractivity contribution >= 4 is 5.91 Å². The third-order valence-electron chi connectivity index (χ3n) is 6.08. The summed E-state index contributed by atoms with van der Waals surface area (Å²) >= 11 is 0. The summed E-state index contributed by atoms with van der Waals surface area (Å²) in [6, 6.07) is 8.51. The van der Waals surface area contributed by atoms with Gasteiger partial charge in [0.2, 0.25) is 0 Å². The fourth-order valence-corrected chi connectivity index (χ4v) is 4.34. The first kappa shape index (κ1) is 17.5. The van der Waals surface area contributed by atoms with Crippen LogP contribution in [-0.4, -0.2) is 23.4 Å². The van der Waals surface area contributed by atoms with Crippen LogP contribution in [0.5, 0.6) is 0 Å². The summed E-state index contributed by atoms with van der Waals surface area (Å²) < 4.78 is 0. The Kier molecular flexibility index (Phi) is 5.29. The lowest BCUT2D eigenvalue weighted by Crippen LogP contribution is -2.49. The number of carbonyl (C=O) groups is 1. The highest BCUT2D eigenvalue weighted by atomic mass is 16.2. The summed E-state index contributed by atoms with van der Waals surface area (Å²) in [4.78, 5) is 15.3. The van der Waals surface area contributed by atoms with Gasteiger partial charge in [-0.15, -0.1) is 0 Å². The molecule has 4 atom stereocenters. The number of hydrogen-bond donors (Lipinski definition) is 1. The summed E-state index contributed by atoms with van der Waals surface area (Å²) in [5.41, 5.74) is 2.06. The molecule has 0 aromatic heterocycles. The van der Waals surface area contributed by atoms with E-state index in [-0.39, 0.29) is 12.1 Å². The fraction of sp³-hybridized carbons (Fsp3) is 0.667. The lowest BCUT2D eigenvalue weighted by molar-refractivity contribution is 0.0319. The molecule has 0 spiro atoms. The molecule has 2 aliphatic rings. The molecule has 1 aromatic carbocycles. The van der Waals surface area contributed by atoms with E-state index >= 15 is 0 Å². The fourth-order valence-electron chi connectivity index (χ4n) is 4.34. The normalized spacial score (nSPS) is 30.0. The number of carbonyl (C=O) groups excluding carboxylic acids is 1. The molecule has 3 rings (SSSR count). The SMILES string of the molecule is CC(C)CCN[C@@H]1c2ccccc2C(=O)N1[C@@H]1CCC[C@H](C)[C@@H]1C. The van der Waals surface area contributed by atoms with Crippen LogP contribution in [0.2, 0.25) is 0 Å². The standard InChI is InChI=1S/C21H32N2O/c1-14(2)12-13-22-20-17-9-5-6-10-18(17)21(24)23(20)19-11-7-8-15(3)16(19)4/h5-6,9-10,14-16,19-20,22H,7-8,11-13H2,1-4H3/t15-,16-,19+,20-/m0/s1. The van der Waals surface area contributed by atoms with Crippen LogP contribution in [0.1, 0.15) is 75.5 Å². The van der Waals surface area contributed by atoms with Crippen LogP contribution in [0.25, 0.3) is 0 Å². The van der Waals surface area contributed by atoms with Gasteiger partial charge in [-0.2, -0.15) is 0 Å². The number of benzene rings is 1. The topological polar surface area (TPSA) is 32.3 Å². The van der Waals surface area contributed by atoms with E-state index in [1.807, 2.05) is 12.1 Å². The molecule has 1 amide bonds. The summed E-state index contributed by atoms with van der Waals surface area (Å²) in [7, 11) is 0. The molecule has 1 N–H and O–H groups in total. The quantitative estimate of drug-likeness (QED) is 0.856. The van der Waals surface area contributed by atoms with E-state index < -0.39 is 0 Å². The highest BCUT2D eigenvalue weighted by molar-refractivity contribution is 5.99. The summed E-state index contributed by atoms with van der Waals surface area (Å²) in [6.07, 6.45) is 4.84. The van der Waals surface area contributed by atoms with E-state index in [1.54, 1.807) is 0 Å². The Morgan fingerprint density at radius 1 is 1.21 bits per heavy atom. The van der Waals surface area contributed by atoms with Gasteiger partial charge in [-0.1, -0.05) is 58.7 Å². The Morgan fingerprint density at radius 2 is 1.96 bits per heavy atom. The van der Waals surface area contributed by atoms with Gasteiger partial charge in [0, 0.05) is 17.2 Å². The first-order chi connectivity index (χ1) is 11.5. The molecule has 0 saturated heterocycles. The second kappa shape index (κ2) is 7.26. The van der Waals surface area contributed by atoms with Crippen molar-refractivity contribution in [3.8, 4) is 0 Å². The van der Waals surface area contributed by atoms with Crippen LogP contribution < -0.4 is 5.32 Å². The average Bonchev–Trinajstić information content (AvgIpc) is 2.83. The van der Waals surface area contributed by atoms with Gasteiger partial charge in [0.05, 0.1) is 0 Å². The van der Waals surface area contributed by atoms with Gasteiger partial charge in [0.25, 0.3) is 5.91 Å². The van der Waals surface area contributed by atoms with E-state index in [2.05, 4.69) is 50.0 Å². The Bertz CT molecular complexity index is 583. The van der Waals surface area contributed by atoms with Crippen LogP contribution in [0.3, 0.4) is 0 Å². The van der Waals surface area contributed by atoms with Gasteiger partial charge in [-0.25, -0.2) is 0 Å². The molecule has 1 fully saturated rings. The molecule has 1 saturated carbocycles. The van der Waals surface area contributed by atoms with Crippen molar-refractivity contribution in [3.05, 3.63) is 35.4 Å². The molecule has 0 radical (unpaired) electrons. The number of hydrogen-bond acceptors (Lipinski definition) is 2. The van der Waals surface area contributed by atoms with Gasteiger partial charge < -0.3 is 4.90 Å². The second-order valence-corrected chi connectivity index (χ2v) is 8.17. The number of nitrogens with zero attached hydrogens (tertiary/aromatic N) is 1. The van der Waals surface area contributed by atoms with Gasteiger partial charge in [0.1, 0.15) is 6.17 Å². The van der Waals surface area contributed by atoms with Gasteiger partial charge in [0.15, 0.2) is 0 Å². The molecular formula is C21H32N2O. The van der Waals surface area contributed by atoms with E-state index in [0.29, 0.717) is 23.8 Å². The van der Waals surface area contributed by atoms with Crippen LogP contribution in [0, 0.1) is 17.8 Å². The number of fused-ring (bicyclic) bond motifs is 1.